The fourth-order valence-electron chi connectivity index (χ4n) is 6.64. The number of pyridine rings is 3. The first-order valence-electron chi connectivity index (χ1n) is 15.0. The lowest BCUT2D eigenvalue weighted by Gasteiger charge is -2.45. The normalized spacial score (nSPS) is 18.1. The quantitative estimate of drug-likeness (QED) is 0.299. The standard InChI is InChI=1S/C34H34ClFN6O4/c1-7-25(44)40-16-20-13-26(45)39(6)32-31(41(20)15-19(40)5)21-14-22(35)29(27-23(36)9-8-10-24(27)43)38-33(21)42(34(32)46)30-18(4)11-12-37-28(30)17(2)3/h7-12,14,17,19-20,43H,1,13,15-16H2,2-6H3/t19-,20+/m1/s1. The summed E-state index contributed by atoms with van der Waals surface area (Å²) in [6, 6.07) is 6.55. The van der Waals surface area contributed by atoms with Crippen LogP contribution in [0.3, 0.4) is 0 Å². The minimum atomic E-state index is -0.736. The third-order valence-electron chi connectivity index (χ3n) is 8.91. The number of aryl methyl sites for hydroxylation is 1. The highest BCUT2D eigenvalue weighted by atomic mass is 35.5. The van der Waals surface area contributed by atoms with Crippen molar-refractivity contribution in [3.63, 3.8) is 0 Å². The number of anilines is 2. The summed E-state index contributed by atoms with van der Waals surface area (Å²) in [7, 11) is 1.56. The number of hydrogen-bond acceptors (Lipinski definition) is 7. The molecule has 0 spiro atoms. The van der Waals surface area contributed by atoms with E-state index in [-0.39, 0.29) is 70.1 Å². The van der Waals surface area contributed by atoms with Crippen molar-refractivity contribution in [2.24, 2.45) is 0 Å². The molecule has 1 N–H and O–H groups in total. The number of carbonyl (C=O) groups is 2. The molecule has 10 nitrogen and oxygen atoms in total. The van der Waals surface area contributed by atoms with E-state index in [1.165, 1.54) is 33.7 Å². The zero-order valence-electron chi connectivity index (χ0n) is 26.2. The second kappa shape index (κ2) is 11.5. The first-order valence-corrected chi connectivity index (χ1v) is 15.4. The molecule has 2 aliphatic rings. The zero-order chi connectivity index (χ0) is 33.2. The fraction of sp³-hybridized carbons (Fsp3) is 0.324. The number of hydrogen-bond donors (Lipinski definition) is 1. The molecule has 0 radical (unpaired) electrons. The van der Waals surface area contributed by atoms with Crippen LogP contribution in [-0.2, 0) is 9.59 Å². The maximum Gasteiger partial charge on any atom is 0.283 e. The van der Waals surface area contributed by atoms with Crippen molar-refractivity contribution in [2.45, 2.75) is 52.1 Å². The number of aromatic nitrogens is 3. The molecule has 1 saturated heterocycles. The summed E-state index contributed by atoms with van der Waals surface area (Å²) in [5.74, 6) is -1.74. The number of amides is 2. The van der Waals surface area contributed by atoms with Crippen LogP contribution in [0.15, 0.2) is 54.0 Å². The fourth-order valence-corrected chi connectivity index (χ4v) is 6.88. The Morgan fingerprint density at radius 2 is 1.91 bits per heavy atom. The molecule has 0 aliphatic carbocycles. The highest BCUT2D eigenvalue weighted by Crippen LogP contribution is 2.44. The van der Waals surface area contributed by atoms with Crippen molar-refractivity contribution in [3.05, 3.63) is 81.6 Å². The number of fused-ring (bicyclic) bond motifs is 5. The summed E-state index contributed by atoms with van der Waals surface area (Å²) in [5, 5.41) is 11.2. The van der Waals surface area contributed by atoms with E-state index < -0.39 is 17.4 Å². The van der Waals surface area contributed by atoms with E-state index in [9.17, 15) is 19.5 Å². The minimum absolute atomic E-state index is 0.0376. The Hall–Kier alpha value is -4.77. The lowest BCUT2D eigenvalue weighted by Crippen LogP contribution is -2.59. The average Bonchev–Trinajstić information content (AvgIpc) is 3.11. The molecule has 6 rings (SSSR count). The number of aromatic hydroxyl groups is 1. The number of benzene rings is 1. The molecular formula is C34H34ClFN6O4. The van der Waals surface area contributed by atoms with Crippen LogP contribution >= 0.6 is 11.6 Å². The second-order valence-corrected chi connectivity index (χ2v) is 12.6. The van der Waals surface area contributed by atoms with Gasteiger partial charge >= 0.3 is 0 Å². The van der Waals surface area contributed by atoms with Crippen LogP contribution in [0.5, 0.6) is 5.75 Å². The van der Waals surface area contributed by atoms with E-state index in [4.69, 9.17) is 16.6 Å². The van der Waals surface area contributed by atoms with Gasteiger partial charge in [-0.2, -0.15) is 0 Å². The summed E-state index contributed by atoms with van der Waals surface area (Å²) < 4.78 is 16.7. The van der Waals surface area contributed by atoms with Crippen molar-refractivity contribution in [1.82, 2.24) is 19.4 Å². The number of carbonyl (C=O) groups excluding carboxylic acids is 2. The maximum absolute atomic E-state index is 15.2. The van der Waals surface area contributed by atoms with Crippen LogP contribution in [-0.4, -0.2) is 68.6 Å². The van der Waals surface area contributed by atoms with Crippen LogP contribution in [0.25, 0.3) is 28.0 Å². The highest BCUT2D eigenvalue weighted by Gasteiger charge is 2.42. The molecule has 0 unspecified atom stereocenters. The Balaban J connectivity index is 1.77. The van der Waals surface area contributed by atoms with Crippen LogP contribution in [0, 0.1) is 12.7 Å². The molecule has 2 amide bonds. The molecule has 12 heteroatoms. The van der Waals surface area contributed by atoms with Crippen molar-refractivity contribution in [2.75, 3.05) is 29.9 Å². The number of phenols is 1. The zero-order valence-corrected chi connectivity index (χ0v) is 27.0. The van der Waals surface area contributed by atoms with Gasteiger partial charge < -0.3 is 19.8 Å². The van der Waals surface area contributed by atoms with E-state index in [1.807, 2.05) is 32.6 Å². The SMILES string of the molecule is C=CC(=O)N1C[C@@H]2CC(=O)N(C)c3c(c4cc(Cl)c(-c5c(O)cccc5F)nc4n(-c4c(C)ccnc4C(C)C)c3=O)N2C[C@H]1C. The maximum atomic E-state index is 15.2. The van der Waals surface area contributed by atoms with Gasteiger partial charge in [0.2, 0.25) is 11.8 Å². The van der Waals surface area contributed by atoms with E-state index in [0.29, 0.717) is 29.0 Å². The van der Waals surface area contributed by atoms with Gasteiger partial charge in [-0.25, -0.2) is 9.37 Å². The summed E-state index contributed by atoms with van der Waals surface area (Å²) in [6.45, 7) is 11.9. The topological polar surface area (TPSA) is 112 Å². The Morgan fingerprint density at radius 1 is 1.17 bits per heavy atom. The van der Waals surface area contributed by atoms with Crippen molar-refractivity contribution in [1.29, 1.82) is 0 Å². The van der Waals surface area contributed by atoms with Gasteiger partial charge in [-0.05, 0) is 55.7 Å². The summed E-state index contributed by atoms with van der Waals surface area (Å²) in [5.41, 5.74) is 1.81. The van der Waals surface area contributed by atoms with Crippen LogP contribution in [0.4, 0.5) is 15.8 Å². The number of nitrogens with zero attached hydrogens (tertiary/aromatic N) is 6. The first-order chi connectivity index (χ1) is 21.8. The Labute approximate surface area is 270 Å². The molecule has 238 valence electrons. The van der Waals surface area contributed by atoms with Crippen LogP contribution in [0.2, 0.25) is 5.02 Å². The predicted octanol–water partition coefficient (Wildman–Crippen LogP) is 5.34. The van der Waals surface area contributed by atoms with Gasteiger partial charge in [0.25, 0.3) is 5.56 Å². The molecule has 3 aromatic heterocycles. The molecule has 0 saturated carbocycles. The van der Waals surface area contributed by atoms with E-state index in [0.717, 1.165) is 5.56 Å². The van der Waals surface area contributed by atoms with Crippen molar-refractivity contribution in [3.8, 4) is 22.7 Å². The number of halogens is 2. The first kappa shape index (κ1) is 31.2. The molecule has 0 bridgehead atoms. The van der Waals surface area contributed by atoms with Gasteiger partial charge in [-0.15, -0.1) is 0 Å². The Kier molecular flexibility index (Phi) is 7.84. The molecule has 2 aliphatic heterocycles. The van der Waals surface area contributed by atoms with Crippen LogP contribution < -0.4 is 15.4 Å². The summed E-state index contributed by atoms with van der Waals surface area (Å²) in [4.78, 5) is 55.9. The molecular weight excluding hydrogens is 611 g/mol. The minimum Gasteiger partial charge on any atom is -0.507 e. The smallest absolute Gasteiger partial charge is 0.283 e. The monoisotopic (exact) mass is 644 g/mol. The van der Waals surface area contributed by atoms with E-state index >= 15 is 4.39 Å². The average molecular weight is 645 g/mol. The summed E-state index contributed by atoms with van der Waals surface area (Å²) >= 11 is 6.87. The van der Waals surface area contributed by atoms with Gasteiger partial charge in [0.1, 0.15) is 17.3 Å². The molecule has 1 aromatic carbocycles. The molecule has 46 heavy (non-hydrogen) atoms. The molecule has 2 atom stereocenters. The molecule has 5 heterocycles. The molecule has 4 aromatic rings. The second-order valence-electron chi connectivity index (χ2n) is 12.2. The van der Waals surface area contributed by atoms with Gasteiger partial charge in [0.15, 0.2) is 5.65 Å². The van der Waals surface area contributed by atoms with Gasteiger partial charge in [0.05, 0.1) is 39.4 Å². The van der Waals surface area contributed by atoms with Gasteiger partial charge in [0, 0.05) is 44.2 Å². The highest BCUT2D eigenvalue weighted by molar-refractivity contribution is 6.34. The Bertz CT molecular complexity index is 1990. The van der Waals surface area contributed by atoms with Gasteiger partial charge in [-0.3, -0.25) is 23.9 Å². The van der Waals surface area contributed by atoms with Gasteiger partial charge in [-0.1, -0.05) is 38.1 Å². The predicted molar refractivity (Wildman–Crippen MR) is 177 cm³/mol. The summed E-state index contributed by atoms with van der Waals surface area (Å²) in [6.07, 6.45) is 2.97. The molecule has 1 fully saturated rings. The lowest BCUT2D eigenvalue weighted by atomic mass is 10.0. The van der Waals surface area contributed by atoms with Crippen molar-refractivity contribution >= 4 is 45.8 Å². The number of piperazine rings is 1. The lowest BCUT2D eigenvalue weighted by molar-refractivity contribution is -0.129. The Morgan fingerprint density at radius 3 is 2.59 bits per heavy atom. The van der Waals surface area contributed by atoms with E-state index in [1.54, 1.807) is 30.3 Å². The van der Waals surface area contributed by atoms with Crippen molar-refractivity contribution < 1.29 is 19.1 Å². The third-order valence-corrected chi connectivity index (χ3v) is 9.20. The van der Waals surface area contributed by atoms with E-state index in [2.05, 4.69) is 11.6 Å². The largest absolute Gasteiger partial charge is 0.507 e. The number of phenolic OH excluding ortho intramolecular Hbond substituents is 1. The third kappa shape index (κ3) is 4.81. The number of rotatable bonds is 4. The van der Waals surface area contributed by atoms with Crippen LogP contribution in [0.1, 0.15) is 44.4 Å².